The van der Waals surface area contributed by atoms with Gasteiger partial charge in [-0.15, -0.1) is 0 Å². The van der Waals surface area contributed by atoms with E-state index in [4.69, 9.17) is 0 Å². The van der Waals surface area contributed by atoms with Crippen LogP contribution in [0.25, 0.3) is 11.2 Å². The molecule has 0 spiro atoms. The van der Waals surface area contributed by atoms with Crippen LogP contribution in [0.5, 0.6) is 0 Å². The van der Waals surface area contributed by atoms with E-state index in [0.29, 0.717) is 5.82 Å². The average molecular weight is 344 g/mol. The third-order valence-electron chi connectivity index (χ3n) is 3.78. The molecule has 1 aromatic carbocycles. The van der Waals surface area contributed by atoms with Gasteiger partial charge in [0, 0.05) is 12.7 Å². The van der Waals surface area contributed by atoms with Gasteiger partial charge in [0.15, 0.2) is 5.65 Å². The Labute approximate surface area is 141 Å². The van der Waals surface area contributed by atoms with Crippen LogP contribution in [0.1, 0.15) is 24.7 Å². The van der Waals surface area contributed by atoms with Gasteiger partial charge in [-0.3, -0.25) is 0 Å². The fraction of sp³-hybridized carbons (Fsp3) is 0.294. The van der Waals surface area contributed by atoms with Crippen LogP contribution in [0.15, 0.2) is 47.5 Å². The van der Waals surface area contributed by atoms with Crippen LogP contribution in [0, 0.1) is 6.92 Å². The third kappa shape index (κ3) is 3.32. The summed E-state index contributed by atoms with van der Waals surface area (Å²) in [5.41, 5.74) is 2.57. The predicted octanol–water partition coefficient (Wildman–Crippen LogP) is 2.63. The van der Waals surface area contributed by atoms with Crippen LogP contribution in [-0.2, 0) is 23.1 Å². The summed E-state index contributed by atoms with van der Waals surface area (Å²) in [6.07, 6.45) is 2.64. The number of nitrogens with zero attached hydrogens (tertiary/aromatic N) is 3. The molecule has 24 heavy (non-hydrogen) atoms. The van der Waals surface area contributed by atoms with E-state index in [9.17, 15) is 8.42 Å². The topological polar surface area (TPSA) is 76.9 Å². The van der Waals surface area contributed by atoms with Crippen LogP contribution >= 0.6 is 0 Å². The lowest BCUT2D eigenvalue weighted by atomic mass is 10.2. The largest absolute Gasteiger partial charge is 0.312 e. The second-order valence-electron chi connectivity index (χ2n) is 5.66. The first-order valence-electron chi connectivity index (χ1n) is 7.87. The van der Waals surface area contributed by atoms with Crippen molar-refractivity contribution in [3.05, 3.63) is 54.0 Å². The Balaban J connectivity index is 1.87. The van der Waals surface area contributed by atoms with Gasteiger partial charge in [-0.1, -0.05) is 24.6 Å². The van der Waals surface area contributed by atoms with Crippen LogP contribution in [0.4, 0.5) is 0 Å². The van der Waals surface area contributed by atoms with E-state index in [1.165, 1.54) is 0 Å². The number of imidazole rings is 1. The number of sulfonamides is 1. The van der Waals surface area contributed by atoms with E-state index in [0.717, 1.165) is 29.7 Å². The molecule has 0 radical (unpaired) electrons. The standard InChI is InChI=1S/C17H20N4O2S/c1-3-11-21-16(20-15-5-4-10-18-17(15)21)12-19-24(22,23)14-8-6-13(2)7-9-14/h4-10,19H,3,11-12H2,1-2H3. The molecule has 3 aromatic rings. The number of hydrogen-bond acceptors (Lipinski definition) is 4. The SMILES string of the molecule is CCCn1c(CNS(=O)(=O)c2ccc(C)cc2)nc2cccnc21. The first-order chi connectivity index (χ1) is 11.5. The molecule has 6 nitrogen and oxygen atoms in total. The number of benzene rings is 1. The highest BCUT2D eigenvalue weighted by atomic mass is 32.2. The van der Waals surface area contributed by atoms with Gasteiger partial charge >= 0.3 is 0 Å². The summed E-state index contributed by atoms with van der Waals surface area (Å²) in [5, 5.41) is 0. The molecule has 0 aliphatic carbocycles. The van der Waals surface area contributed by atoms with Crippen LogP contribution in [0.2, 0.25) is 0 Å². The van der Waals surface area contributed by atoms with Crippen molar-refractivity contribution in [2.24, 2.45) is 0 Å². The number of fused-ring (bicyclic) bond motifs is 1. The van der Waals surface area contributed by atoms with Crippen molar-refractivity contribution < 1.29 is 8.42 Å². The smallest absolute Gasteiger partial charge is 0.240 e. The number of hydrogen-bond donors (Lipinski definition) is 1. The highest BCUT2D eigenvalue weighted by Crippen LogP contribution is 2.15. The summed E-state index contributed by atoms with van der Waals surface area (Å²) in [7, 11) is -3.57. The zero-order valence-electron chi connectivity index (χ0n) is 13.7. The molecule has 0 fully saturated rings. The van der Waals surface area contributed by atoms with Gasteiger partial charge in [0.25, 0.3) is 0 Å². The van der Waals surface area contributed by atoms with Gasteiger partial charge in [-0.05, 0) is 37.6 Å². The Morgan fingerprint density at radius 1 is 1.17 bits per heavy atom. The highest BCUT2D eigenvalue weighted by Gasteiger charge is 2.17. The molecule has 0 saturated heterocycles. The molecule has 7 heteroatoms. The summed E-state index contributed by atoms with van der Waals surface area (Å²) in [6, 6.07) is 10.5. The molecule has 0 amide bonds. The molecule has 2 aromatic heterocycles. The Hall–Kier alpha value is -2.25. The van der Waals surface area contributed by atoms with Gasteiger partial charge in [0.2, 0.25) is 10.0 Å². The number of aromatic nitrogens is 3. The first kappa shape index (κ1) is 16.6. The molecule has 0 saturated carbocycles. The van der Waals surface area contributed by atoms with Crippen molar-refractivity contribution in [1.82, 2.24) is 19.3 Å². The number of aryl methyl sites for hydroxylation is 2. The van der Waals surface area contributed by atoms with E-state index >= 15 is 0 Å². The van der Waals surface area contributed by atoms with Gasteiger partial charge in [-0.2, -0.15) is 0 Å². The van der Waals surface area contributed by atoms with E-state index in [1.54, 1.807) is 30.5 Å². The van der Waals surface area contributed by atoms with Crippen molar-refractivity contribution in [2.45, 2.75) is 38.3 Å². The monoisotopic (exact) mass is 344 g/mol. The summed E-state index contributed by atoms with van der Waals surface area (Å²) >= 11 is 0. The Bertz CT molecular complexity index is 946. The fourth-order valence-electron chi connectivity index (χ4n) is 2.56. The molecule has 0 unspecified atom stereocenters. The van der Waals surface area contributed by atoms with Gasteiger partial charge < -0.3 is 4.57 Å². The van der Waals surface area contributed by atoms with Crippen molar-refractivity contribution in [3.8, 4) is 0 Å². The molecule has 126 valence electrons. The molecular formula is C17H20N4O2S. The van der Waals surface area contributed by atoms with Crippen LogP contribution in [-0.4, -0.2) is 23.0 Å². The van der Waals surface area contributed by atoms with Crippen molar-refractivity contribution in [3.63, 3.8) is 0 Å². The molecule has 3 rings (SSSR count). The normalized spacial score (nSPS) is 11.9. The minimum absolute atomic E-state index is 0.132. The van der Waals surface area contributed by atoms with E-state index in [1.807, 2.05) is 23.6 Å². The molecule has 0 atom stereocenters. The van der Waals surface area contributed by atoms with Gasteiger partial charge in [0.1, 0.15) is 11.3 Å². The van der Waals surface area contributed by atoms with Crippen molar-refractivity contribution >= 4 is 21.2 Å². The second kappa shape index (κ2) is 6.70. The first-order valence-corrected chi connectivity index (χ1v) is 9.36. The number of nitrogens with one attached hydrogen (secondary N) is 1. The number of pyridine rings is 1. The van der Waals surface area contributed by atoms with Crippen molar-refractivity contribution in [2.75, 3.05) is 0 Å². The molecule has 2 heterocycles. The summed E-state index contributed by atoms with van der Waals surface area (Å²) in [6.45, 7) is 4.86. The minimum Gasteiger partial charge on any atom is -0.312 e. The quantitative estimate of drug-likeness (QED) is 0.746. The third-order valence-corrected chi connectivity index (χ3v) is 5.20. The molecule has 0 aliphatic heterocycles. The second-order valence-corrected chi connectivity index (χ2v) is 7.43. The maximum atomic E-state index is 12.4. The molecule has 1 N–H and O–H groups in total. The van der Waals surface area contributed by atoms with E-state index in [-0.39, 0.29) is 11.4 Å². The summed E-state index contributed by atoms with van der Waals surface area (Å²) in [5.74, 6) is 0.668. The lowest BCUT2D eigenvalue weighted by Gasteiger charge is -2.09. The van der Waals surface area contributed by atoms with E-state index < -0.39 is 10.0 Å². The fourth-order valence-corrected chi connectivity index (χ4v) is 3.54. The maximum absolute atomic E-state index is 12.4. The summed E-state index contributed by atoms with van der Waals surface area (Å²) < 4.78 is 29.5. The average Bonchev–Trinajstić information content (AvgIpc) is 2.92. The predicted molar refractivity (Wildman–Crippen MR) is 93.0 cm³/mol. The van der Waals surface area contributed by atoms with Crippen LogP contribution in [0.3, 0.4) is 0 Å². The van der Waals surface area contributed by atoms with Gasteiger partial charge in [-0.25, -0.2) is 23.1 Å². The molecule has 0 bridgehead atoms. The number of rotatable bonds is 6. The lowest BCUT2D eigenvalue weighted by Crippen LogP contribution is -2.25. The lowest BCUT2D eigenvalue weighted by molar-refractivity contribution is 0.573. The van der Waals surface area contributed by atoms with Crippen LogP contribution < -0.4 is 4.72 Å². The minimum atomic E-state index is -3.57. The van der Waals surface area contributed by atoms with E-state index in [2.05, 4.69) is 21.6 Å². The Kier molecular flexibility index (Phi) is 4.64. The van der Waals surface area contributed by atoms with Gasteiger partial charge in [0.05, 0.1) is 11.4 Å². The molecular weight excluding hydrogens is 324 g/mol. The zero-order valence-corrected chi connectivity index (χ0v) is 14.5. The summed E-state index contributed by atoms with van der Waals surface area (Å²) in [4.78, 5) is 9.13. The Morgan fingerprint density at radius 2 is 1.92 bits per heavy atom. The zero-order chi connectivity index (χ0) is 17.2. The maximum Gasteiger partial charge on any atom is 0.240 e. The van der Waals surface area contributed by atoms with Crippen molar-refractivity contribution in [1.29, 1.82) is 0 Å². The Morgan fingerprint density at radius 3 is 2.62 bits per heavy atom. The highest BCUT2D eigenvalue weighted by molar-refractivity contribution is 7.89. The molecule has 0 aliphatic rings.